The number of carbonyl (C=O) groups is 1. The first-order valence-electron chi connectivity index (χ1n) is 7.26. The van der Waals surface area contributed by atoms with Crippen LogP contribution in [-0.2, 0) is 6.42 Å². The molecule has 0 radical (unpaired) electrons. The van der Waals surface area contributed by atoms with Gasteiger partial charge >= 0.3 is 0 Å². The molecule has 0 atom stereocenters. The SMILES string of the molecule is CNC(=O)c1ccc2nonc2c1CC1CCCCC1. The molecule has 1 heterocycles. The van der Waals surface area contributed by atoms with E-state index in [1.54, 1.807) is 13.1 Å². The Morgan fingerprint density at radius 3 is 2.85 bits per heavy atom. The van der Waals surface area contributed by atoms with E-state index in [4.69, 9.17) is 4.63 Å². The molecule has 1 aromatic carbocycles. The molecule has 1 amide bonds. The summed E-state index contributed by atoms with van der Waals surface area (Å²) < 4.78 is 4.83. The van der Waals surface area contributed by atoms with Crippen LogP contribution in [0.2, 0.25) is 0 Å². The summed E-state index contributed by atoms with van der Waals surface area (Å²) in [5.41, 5.74) is 3.14. The highest BCUT2D eigenvalue weighted by Gasteiger charge is 2.21. The van der Waals surface area contributed by atoms with E-state index in [-0.39, 0.29) is 5.91 Å². The van der Waals surface area contributed by atoms with Crippen LogP contribution in [0, 0.1) is 5.92 Å². The van der Waals surface area contributed by atoms with Crippen molar-refractivity contribution in [3.63, 3.8) is 0 Å². The number of nitrogens with one attached hydrogen (secondary N) is 1. The molecule has 1 N–H and O–H groups in total. The van der Waals surface area contributed by atoms with Gasteiger partial charge in [0, 0.05) is 12.6 Å². The number of hydrogen-bond donors (Lipinski definition) is 1. The van der Waals surface area contributed by atoms with Crippen LogP contribution in [0.15, 0.2) is 16.8 Å². The molecule has 20 heavy (non-hydrogen) atoms. The first kappa shape index (κ1) is 13.1. The van der Waals surface area contributed by atoms with Gasteiger partial charge in [0.2, 0.25) is 0 Å². The molecule has 5 heteroatoms. The van der Waals surface area contributed by atoms with Gasteiger partial charge in [-0.15, -0.1) is 0 Å². The van der Waals surface area contributed by atoms with Gasteiger partial charge in [-0.25, -0.2) is 4.63 Å². The van der Waals surface area contributed by atoms with Gasteiger partial charge in [0.1, 0.15) is 11.0 Å². The smallest absolute Gasteiger partial charge is 0.251 e. The first-order valence-corrected chi connectivity index (χ1v) is 7.26. The van der Waals surface area contributed by atoms with E-state index in [1.807, 2.05) is 6.07 Å². The number of hydrogen-bond acceptors (Lipinski definition) is 4. The lowest BCUT2D eigenvalue weighted by Crippen LogP contribution is -2.21. The summed E-state index contributed by atoms with van der Waals surface area (Å²) in [6, 6.07) is 3.62. The molecule has 106 valence electrons. The fraction of sp³-hybridized carbons (Fsp3) is 0.533. The molecule has 1 aliphatic rings. The van der Waals surface area contributed by atoms with Gasteiger partial charge < -0.3 is 5.32 Å². The molecule has 1 saturated carbocycles. The molecular formula is C15H19N3O2. The predicted octanol–water partition coefficient (Wildman–Crippen LogP) is 2.71. The fourth-order valence-electron chi connectivity index (χ4n) is 3.14. The average Bonchev–Trinajstić information content (AvgIpc) is 2.97. The van der Waals surface area contributed by atoms with Crippen molar-refractivity contribution in [3.8, 4) is 0 Å². The summed E-state index contributed by atoms with van der Waals surface area (Å²) in [7, 11) is 1.65. The zero-order valence-corrected chi connectivity index (χ0v) is 11.7. The molecule has 0 bridgehead atoms. The van der Waals surface area contributed by atoms with E-state index in [0.717, 1.165) is 23.0 Å². The number of benzene rings is 1. The molecule has 0 unspecified atom stereocenters. The highest BCUT2D eigenvalue weighted by Crippen LogP contribution is 2.30. The number of fused-ring (bicyclic) bond motifs is 1. The third-order valence-electron chi connectivity index (χ3n) is 4.22. The van der Waals surface area contributed by atoms with Crippen LogP contribution in [0.4, 0.5) is 0 Å². The summed E-state index contributed by atoms with van der Waals surface area (Å²) in [6.45, 7) is 0. The number of rotatable bonds is 3. The highest BCUT2D eigenvalue weighted by atomic mass is 16.6. The minimum atomic E-state index is -0.0688. The second-order valence-electron chi connectivity index (χ2n) is 5.51. The minimum Gasteiger partial charge on any atom is -0.355 e. The van der Waals surface area contributed by atoms with Crippen molar-refractivity contribution < 1.29 is 9.42 Å². The van der Waals surface area contributed by atoms with Gasteiger partial charge in [-0.2, -0.15) is 0 Å². The van der Waals surface area contributed by atoms with Crippen LogP contribution in [0.3, 0.4) is 0 Å². The largest absolute Gasteiger partial charge is 0.355 e. The van der Waals surface area contributed by atoms with Crippen molar-refractivity contribution in [2.45, 2.75) is 38.5 Å². The van der Waals surface area contributed by atoms with Crippen LogP contribution in [0.5, 0.6) is 0 Å². The lowest BCUT2D eigenvalue weighted by atomic mass is 9.83. The Hall–Kier alpha value is -1.91. The number of carbonyl (C=O) groups excluding carboxylic acids is 1. The molecule has 0 spiro atoms. The molecule has 1 aliphatic carbocycles. The highest BCUT2D eigenvalue weighted by molar-refractivity contribution is 5.99. The van der Waals surface area contributed by atoms with Crippen molar-refractivity contribution >= 4 is 16.9 Å². The van der Waals surface area contributed by atoms with Gasteiger partial charge in [-0.05, 0) is 40.3 Å². The maximum absolute atomic E-state index is 12.1. The second kappa shape index (κ2) is 5.61. The Bertz CT molecular complexity index is 615. The van der Waals surface area contributed by atoms with Gasteiger partial charge in [-0.1, -0.05) is 32.1 Å². The van der Waals surface area contributed by atoms with Crippen molar-refractivity contribution in [3.05, 3.63) is 23.3 Å². The Kier molecular flexibility index (Phi) is 3.67. The third kappa shape index (κ3) is 2.40. The normalized spacial score (nSPS) is 16.4. The molecule has 3 rings (SSSR count). The van der Waals surface area contributed by atoms with E-state index in [2.05, 4.69) is 15.6 Å². The number of amides is 1. The van der Waals surface area contributed by atoms with Crippen molar-refractivity contribution in [2.24, 2.45) is 5.92 Å². The van der Waals surface area contributed by atoms with Gasteiger partial charge in [0.15, 0.2) is 0 Å². The summed E-state index contributed by atoms with van der Waals surface area (Å²) in [6.07, 6.45) is 7.24. The Morgan fingerprint density at radius 1 is 1.30 bits per heavy atom. The second-order valence-corrected chi connectivity index (χ2v) is 5.51. The third-order valence-corrected chi connectivity index (χ3v) is 4.22. The molecule has 5 nitrogen and oxygen atoms in total. The number of nitrogens with zero attached hydrogens (tertiary/aromatic N) is 2. The van der Waals surface area contributed by atoms with E-state index >= 15 is 0 Å². The minimum absolute atomic E-state index is 0.0688. The van der Waals surface area contributed by atoms with Gasteiger partial charge in [0.05, 0.1) is 0 Å². The molecule has 0 aliphatic heterocycles. The van der Waals surface area contributed by atoms with Crippen LogP contribution in [-0.4, -0.2) is 23.3 Å². The van der Waals surface area contributed by atoms with Crippen molar-refractivity contribution in [2.75, 3.05) is 7.05 Å². The predicted molar refractivity (Wildman–Crippen MR) is 75.5 cm³/mol. The zero-order valence-electron chi connectivity index (χ0n) is 11.7. The molecule has 2 aromatic rings. The first-order chi connectivity index (χ1) is 9.79. The van der Waals surface area contributed by atoms with Crippen LogP contribution >= 0.6 is 0 Å². The molecule has 0 saturated heterocycles. The van der Waals surface area contributed by atoms with Crippen LogP contribution in [0.1, 0.15) is 48.0 Å². The zero-order chi connectivity index (χ0) is 13.9. The van der Waals surface area contributed by atoms with Gasteiger partial charge in [-0.3, -0.25) is 4.79 Å². The van der Waals surface area contributed by atoms with E-state index in [1.165, 1.54) is 32.1 Å². The summed E-state index contributed by atoms with van der Waals surface area (Å²) in [5, 5.41) is 10.6. The number of aromatic nitrogens is 2. The lowest BCUT2D eigenvalue weighted by Gasteiger charge is -2.22. The topological polar surface area (TPSA) is 68.0 Å². The summed E-state index contributed by atoms with van der Waals surface area (Å²) >= 11 is 0. The van der Waals surface area contributed by atoms with Crippen LogP contribution in [0.25, 0.3) is 11.0 Å². The standard InChI is InChI=1S/C15H19N3O2/c1-16-15(19)11-7-8-13-14(18-20-17-13)12(11)9-10-5-3-2-4-6-10/h7-8,10H,2-6,9H2,1H3,(H,16,19). The van der Waals surface area contributed by atoms with Crippen LogP contribution < -0.4 is 5.32 Å². The molecule has 1 aromatic heterocycles. The van der Waals surface area contributed by atoms with Crippen molar-refractivity contribution in [1.29, 1.82) is 0 Å². The average molecular weight is 273 g/mol. The van der Waals surface area contributed by atoms with E-state index in [0.29, 0.717) is 11.5 Å². The maximum Gasteiger partial charge on any atom is 0.251 e. The Balaban J connectivity index is 2.00. The maximum atomic E-state index is 12.1. The molecular weight excluding hydrogens is 254 g/mol. The Labute approximate surface area is 117 Å². The summed E-state index contributed by atoms with van der Waals surface area (Å²) in [5.74, 6) is 0.565. The summed E-state index contributed by atoms with van der Waals surface area (Å²) in [4.78, 5) is 12.1. The Morgan fingerprint density at radius 2 is 2.10 bits per heavy atom. The van der Waals surface area contributed by atoms with Gasteiger partial charge in [0.25, 0.3) is 5.91 Å². The van der Waals surface area contributed by atoms with Crippen molar-refractivity contribution in [1.82, 2.24) is 15.6 Å². The molecule has 1 fully saturated rings. The van der Waals surface area contributed by atoms with E-state index < -0.39 is 0 Å². The quantitative estimate of drug-likeness (QED) is 0.933. The fourth-order valence-corrected chi connectivity index (χ4v) is 3.14. The van der Waals surface area contributed by atoms with E-state index in [9.17, 15) is 4.79 Å². The monoisotopic (exact) mass is 273 g/mol. The lowest BCUT2D eigenvalue weighted by molar-refractivity contribution is 0.0962.